The number of amides is 1. The molecule has 0 bridgehead atoms. The highest BCUT2D eigenvalue weighted by Gasteiger charge is 2.13. The fourth-order valence-electron chi connectivity index (χ4n) is 1.63. The van der Waals surface area contributed by atoms with Gasteiger partial charge in [0, 0.05) is 17.5 Å². The quantitative estimate of drug-likeness (QED) is 0.917. The lowest BCUT2D eigenvalue weighted by molar-refractivity contribution is 0.0949. The van der Waals surface area contributed by atoms with Crippen molar-refractivity contribution in [2.24, 2.45) is 0 Å². The molecule has 0 aliphatic heterocycles. The summed E-state index contributed by atoms with van der Waals surface area (Å²) in [4.78, 5) is 16.1. The maximum absolute atomic E-state index is 11.8. The van der Waals surface area contributed by atoms with Crippen LogP contribution in [0.4, 0.5) is 0 Å². The van der Waals surface area contributed by atoms with Crippen LogP contribution in [0.3, 0.4) is 0 Å². The van der Waals surface area contributed by atoms with Crippen molar-refractivity contribution >= 4 is 28.8 Å². The van der Waals surface area contributed by atoms with Crippen molar-refractivity contribution < 1.29 is 9.53 Å². The van der Waals surface area contributed by atoms with Gasteiger partial charge in [-0.2, -0.15) is 0 Å². The second-order valence-corrected chi connectivity index (χ2v) is 5.40. The molecule has 6 heteroatoms. The molecule has 1 amide bonds. The lowest BCUT2D eigenvalue weighted by Crippen LogP contribution is -2.24. The van der Waals surface area contributed by atoms with Crippen molar-refractivity contribution in [2.45, 2.75) is 13.3 Å². The van der Waals surface area contributed by atoms with Crippen LogP contribution in [0.2, 0.25) is 5.02 Å². The summed E-state index contributed by atoms with van der Waals surface area (Å²) in [5.74, 6) is 0.537. The maximum Gasteiger partial charge on any atom is 0.270 e. The molecule has 0 saturated heterocycles. The summed E-state index contributed by atoms with van der Waals surface area (Å²) in [6.07, 6.45) is 0.896. The Bertz CT molecular complexity index is 613. The Morgan fingerprint density at radius 3 is 2.95 bits per heavy atom. The smallest absolute Gasteiger partial charge is 0.270 e. The Morgan fingerprint density at radius 2 is 2.30 bits per heavy atom. The number of hydrogen-bond acceptors (Lipinski definition) is 4. The van der Waals surface area contributed by atoms with Crippen LogP contribution >= 0.6 is 22.9 Å². The molecule has 0 radical (unpaired) electrons. The van der Waals surface area contributed by atoms with Crippen LogP contribution in [-0.2, 0) is 0 Å². The summed E-state index contributed by atoms with van der Waals surface area (Å²) in [5, 5.41) is 5.81. The molecule has 0 aliphatic rings. The SMILES string of the molecule is CCCNC(=O)c1csc(-c2ccc(OC)cc2Cl)n1. The van der Waals surface area contributed by atoms with Gasteiger partial charge >= 0.3 is 0 Å². The molecule has 1 N–H and O–H groups in total. The van der Waals surface area contributed by atoms with Crippen LogP contribution in [0.25, 0.3) is 10.6 Å². The van der Waals surface area contributed by atoms with Gasteiger partial charge in [-0.1, -0.05) is 18.5 Å². The second kappa shape index (κ2) is 6.72. The monoisotopic (exact) mass is 310 g/mol. The van der Waals surface area contributed by atoms with Crippen LogP contribution in [0.5, 0.6) is 5.75 Å². The summed E-state index contributed by atoms with van der Waals surface area (Å²) in [6.45, 7) is 2.65. The number of rotatable bonds is 5. The molecule has 1 aromatic heterocycles. The number of benzene rings is 1. The van der Waals surface area contributed by atoms with Gasteiger partial charge in [-0.3, -0.25) is 4.79 Å². The normalized spacial score (nSPS) is 10.3. The summed E-state index contributed by atoms with van der Waals surface area (Å²) in [6, 6.07) is 5.39. The first-order chi connectivity index (χ1) is 9.65. The first kappa shape index (κ1) is 14.8. The molecular weight excluding hydrogens is 296 g/mol. The number of thiazole rings is 1. The third kappa shape index (κ3) is 3.29. The number of carbonyl (C=O) groups is 1. The predicted octanol–water partition coefficient (Wildman–Crippen LogP) is 3.61. The van der Waals surface area contributed by atoms with Crippen molar-refractivity contribution in [3.05, 3.63) is 34.3 Å². The number of carbonyl (C=O) groups excluding carboxylic acids is 1. The molecule has 2 rings (SSSR count). The van der Waals surface area contributed by atoms with E-state index in [1.165, 1.54) is 11.3 Å². The zero-order valence-electron chi connectivity index (χ0n) is 11.3. The number of nitrogens with one attached hydrogen (secondary N) is 1. The van der Waals surface area contributed by atoms with E-state index >= 15 is 0 Å². The molecule has 0 unspecified atom stereocenters. The van der Waals surface area contributed by atoms with Crippen molar-refractivity contribution in [3.8, 4) is 16.3 Å². The van der Waals surface area contributed by atoms with Gasteiger partial charge in [0.05, 0.1) is 12.1 Å². The predicted molar refractivity (Wildman–Crippen MR) is 81.7 cm³/mol. The maximum atomic E-state index is 11.8. The fraction of sp³-hybridized carbons (Fsp3) is 0.286. The van der Waals surface area contributed by atoms with E-state index in [1.807, 2.05) is 19.1 Å². The topological polar surface area (TPSA) is 51.2 Å². The number of hydrogen-bond donors (Lipinski definition) is 1. The highest BCUT2D eigenvalue weighted by atomic mass is 35.5. The van der Waals surface area contributed by atoms with Crippen molar-refractivity contribution in [2.75, 3.05) is 13.7 Å². The Hall–Kier alpha value is -1.59. The third-order valence-corrected chi connectivity index (χ3v) is 3.87. The first-order valence-corrected chi connectivity index (χ1v) is 7.49. The highest BCUT2D eigenvalue weighted by Crippen LogP contribution is 2.33. The van der Waals surface area contributed by atoms with Gasteiger partial charge in [-0.15, -0.1) is 11.3 Å². The molecule has 1 heterocycles. The lowest BCUT2D eigenvalue weighted by atomic mass is 10.2. The molecule has 0 atom stereocenters. The number of ether oxygens (including phenoxy) is 1. The molecule has 2 aromatic rings. The third-order valence-electron chi connectivity index (χ3n) is 2.68. The molecule has 0 aliphatic carbocycles. The number of halogens is 1. The summed E-state index contributed by atoms with van der Waals surface area (Å²) < 4.78 is 5.11. The second-order valence-electron chi connectivity index (χ2n) is 4.14. The molecule has 1 aromatic carbocycles. The molecule has 4 nitrogen and oxygen atoms in total. The van der Waals surface area contributed by atoms with Gasteiger partial charge in [0.2, 0.25) is 0 Å². The van der Waals surface area contributed by atoms with Gasteiger partial charge in [-0.25, -0.2) is 4.98 Å². The number of nitrogens with zero attached hydrogens (tertiary/aromatic N) is 1. The van der Waals surface area contributed by atoms with Crippen LogP contribution in [0.1, 0.15) is 23.8 Å². The first-order valence-electron chi connectivity index (χ1n) is 6.23. The van der Waals surface area contributed by atoms with Crippen molar-refractivity contribution in [3.63, 3.8) is 0 Å². The average molecular weight is 311 g/mol. The van der Waals surface area contributed by atoms with Crippen LogP contribution in [0, 0.1) is 0 Å². The minimum atomic E-state index is -0.154. The van der Waals surface area contributed by atoms with E-state index in [2.05, 4.69) is 10.3 Å². The van der Waals surface area contributed by atoms with E-state index < -0.39 is 0 Å². The number of methoxy groups -OCH3 is 1. The molecule has 0 spiro atoms. The van der Waals surface area contributed by atoms with Gasteiger partial charge < -0.3 is 10.1 Å². The molecular formula is C14H15ClN2O2S. The van der Waals surface area contributed by atoms with E-state index in [0.717, 1.165) is 17.0 Å². The van der Waals surface area contributed by atoms with Gasteiger partial charge in [0.25, 0.3) is 5.91 Å². The van der Waals surface area contributed by atoms with Crippen LogP contribution in [0.15, 0.2) is 23.6 Å². The lowest BCUT2D eigenvalue weighted by Gasteiger charge is -2.04. The number of aromatic nitrogens is 1. The van der Waals surface area contributed by atoms with Gasteiger partial charge in [-0.05, 0) is 24.6 Å². The summed E-state index contributed by atoms with van der Waals surface area (Å²) >= 11 is 7.60. The zero-order valence-corrected chi connectivity index (χ0v) is 12.8. The molecule has 106 valence electrons. The largest absolute Gasteiger partial charge is 0.497 e. The average Bonchev–Trinajstić information content (AvgIpc) is 2.94. The molecule has 20 heavy (non-hydrogen) atoms. The van der Waals surface area contributed by atoms with E-state index in [9.17, 15) is 4.79 Å². The minimum absolute atomic E-state index is 0.154. The van der Waals surface area contributed by atoms with Crippen LogP contribution in [-0.4, -0.2) is 24.5 Å². The summed E-state index contributed by atoms with van der Waals surface area (Å²) in [5.41, 5.74) is 1.22. The standard InChI is InChI=1S/C14H15ClN2O2S/c1-3-6-16-13(18)12-8-20-14(17-12)10-5-4-9(19-2)7-11(10)15/h4-5,7-8H,3,6H2,1-2H3,(H,16,18). The molecule has 0 saturated carbocycles. The Labute approximate surface area is 126 Å². The Balaban J connectivity index is 2.22. The van der Waals surface area contributed by atoms with E-state index in [4.69, 9.17) is 16.3 Å². The zero-order chi connectivity index (χ0) is 14.5. The Kier molecular flexibility index (Phi) is 4.98. The minimum Gasteiger partial charge on any atom is -0.497 e. The van der Waals surface area contributed by atoms with E-state index in [-0.39, 0.29) is 5.91 Å². The highest BCUT2D eigenvalue weighted by molar-refractivity contribution is 7.13. The summed E-state index contributed by atoms with van der Waals surface area (Å²) in [7, 11) is 1.59. The Morgan fingerprint density at radius 1 is 1.50 bits per heavy atom. The van der Waals surface area contributed by atoms with Gasteiger partial charge in [0.1, 0.15) is 16.5 Å². The van der Waals surface area contributed by atoms with Gasteiger partial charge in [0.15, 0.2) is 0 Å². The van der Waals surface area contributed by atoms with Crippen molar-refractivity contribution in [1.82, 2.24) is 10.3 Å². The molecule has 0 fully saturated rings. The fourth-order valence-corrected chi connectivity index (χ4v) is 2.78. The van der Waals surface area contributed by atoms with E-state index in [0.29, 0.717) is 23.0 Å². The van der Waals surface area contributed by atoms with Crippen LogP contribution < -0.4 is 10.1 Å². The van der Waals surface area contributed by atoms with Crippen molar-refractivity contribution in [1.29, 1.82) is 0 Å². The van der Waals surface area contributed by atoms with E-state index in [1.54, 1.807) is 18.6 Å².